The monoisotopic (exact) mass is 120 g/mol. The number of rotatable bonds is 5. The van der Waals surface area contributed by atoms with Crippen LogP contribution >= 0.6 is 0 Å². The molecule has 0 aromatic rings. The molecule has 50 valence electrons. The van der Waals surface area contributed by atoms with Gasteiger partial charge in [-0.3, -0.25) is 4.39 Å². The van der Waals surface area contributed by atoms with E-state index in [1.807, 2.05) is 6.92 Å². The number of ether oxygens (including phenoxy) is 1. The van der Waals surface area contributed by atoms with Crippen LogP contribution in [0.4, 0.5) is 4.39 Å². The van der Waals surface area contributed by atoms with Crippen molar-refractivity contribution >= 4 is 0 Å². The van der Waals surface area contributed by atoms with Gasteiger partial charge in [0, 0.05) is 13.2 Å². The van der Waals surface area contributed by atoms with Crippen molar-refractivity contribution in [2.24, 2.45) is 0 Å². The zero-order chi connectivity index (χ0) is 6.24. The summed E-state index contributed by atoms with van der Waals surface area (Å²) in [5.41, 5.74) is 0. The van der Waals surface area contributed by atoms with Crippen LogP contribution in [0.1, 0.15) is 19.8 Å². The lowest BCUT2D eigenvalue weighted by atomic mass is 10.3. The fraction of sp³-hybridized carbons (Fsp3) is 1.00. The van der Waals surface area contributed by atoms with Crippen molar-refractivity contribution in [3.8, 4) is 0 Å². The highest BCUT2D eigenvalue weighted by Gasteiger charge is 1.84. The van der Waals surface area contributed by atoms with Crippen LogP contribution in [0.5, 0.6) is 0 Å². The standard InChI is InChI=1S/C6H13FO/c1-2-8-6-4-3-5-7/h2-6H2,1H3. The molecule has 0 aromatic heterocycles. The largest absolute Gasteiger partial charge is 0.382 e. The minimum absolute atomic E-state index is 0.215. The summed E-state index contributed by atoms with van der Waals surface area (Å²) in [7, 11) is 0. The predicted octanol–water partition coefficient (Wildman–Crippen LogP) is 1.77. The van der Waals surface area contributed by atoms with Gasteiger partial charge in [0.2, 0.25) is 0 Å². The maximum absolute atomic E-state index is 11.4. The van der Waals surface area contributed by atoms with Gasteiger partial charge in [0.05, 0.1) is 6.67 Å². The molecule has 0 fully saturated rings. The molecule has 0 aliphatic rings. The second-order valence-corrected chi connectivity index (χ2v) is 1.59. The number of alkyl halides is 1. The summed E-state index contributed by atoms with van der Waals surface area (Å²) in [4.78, 5) is 0. The first-order valence-corrected chi connectivity index (χ1v) is 3.05. The van der Waals surface area contributed by atoms with Crippen LogP contribution in [0.2, 0.25) is 0 Å². The van der Waals surface area contributed by atoms with E-state index in [1.54, 1.807) is 0 Å². The van der Waals surface area contributed by atoms with Crippen LogP contribution in [0.25, 0.3) is 0 Å². The highest BCUT2D eigenvalue weighted by atomic mass is 19.1. The predicted molar refractivity (Wildman–Crippen MR) is 31.7 cm³/mol. The van der Waals surface area contributed by atoms with Gasteiger partial charge in [-0.25, -0.2) is 0 Å². The third kappa shape index (κ3) is 5.89. The van der Waals surface area contributed by atoms with Gasteiger partial charge in [0.1, 0.15) is 0 Å². The molecule has 0 aromatic carbocycles. The summed E-state index contributed by atoms with van der Waals surface area (Å²) in [5.74, 6) is 0. The van der Waals surface area contributed by atoms with Gasteiger partial charge < -0.3 is 4.74 Å². The molecular formula is C6H13FO. The Balaban J connectivity index is 2.53. The van der Waals surface area contributed by atoms with Crippen molar-refractivity contribution in [3.63, 3.8) is 0 Å². The molecule has 0 heterocycles. The maximum atomic E-state index is 11.4. The Morgan fingerprint density at radius 1 is 1.38 bits per heavy atom. The van der Waals surface area contributed by atoms with E-state index < -0.39 is 0 Å². The molecule has 0 radical (unpaired) electrons. The topological polar surface area (TPSA) is 9.23 Å². The van der Waals surface area contributed by atoms with E-state index in [1.165, 1.54) is 0 Å². The fourth-order valence-electron chi connectivity index (χ4n) is 0.443. The van der Waals surface area contributed by atoms with Crippen LogP contribution in [-0.4, -0.2) is 19.9 Å². The molecule has 0 N–H and O–H groups in total. The molecule has 0 amide bonds. The average Bonchev–Trinajstić information content (AvgIpc) is 1.81. The van der Waals surface area contributed by atoms with Crippen molar-refractivity contribution in [1.29, 1.82) is 0 Å². The third-order valence-electron chi connectivity index (χ3n) is 0.876. The van der Waals surface area contributed by atoms with Gasteiger partial charge >= 0.3 is 0 Å². The maximum Gasteiger partial charge on any atom is 0.0895 e. The van der Waals surface area contributed by atoms with Crippen molar-refractivity contribution in [1.82, 2.24) is 0 Å². The zero-order valence-electron chi connectivity index (χ0n) is 5.32. The quantitative estimate of drug-likeness (QED) is 0.502. The Kier molecular flexibility index (Phi) is 6.80. The highest BCUT2D eigenvalue weighted by Crippen LogP contribution is 1.89. The van der Waals surface area contributed by atoms with Crippen LogP contribution in [-0.2, 0) is 4.74 Å². The molecule has 0 saturated heterocycles. The minimum atomic E-state index is -0.215. The number of halogens is 1. The molecular weight excluding hydrogens is 107 g/mol. The summed E-state index contributed by atoms with van der Waals surface area (Å²) >= 11 is 0. The van der Waals surface area contributed by atoms with E-state index in [0.29, 0.717) is 13.0 Å². The van der Waals surface area contributed by atoms with E-state index in [9.17, 15) is 4.39 Å². The summed E-state index contributed by atoms with van der Waals surface area (Å²) < 4.78 is 16.3. The van der Waals surface area contributed by atoms with Gasteiger partial charge in [-0.05, 0) is 19.8 Å². The van der Waals surface area contributed by atoms with E-state index in [2.05, 4.69) is 0 Å². The van der Waals surface area contributed by atoms with Crippen molar-refractivity contribution in [2.45, 2.75) is 19.8 Å². The first kappa shape index (κ1) is 7.89. The Morgan fingerprint density at radius 2 is 2.12 bits per heavy atom. The average molecular weight is 120 g/mol. The van der Waals surface area contributed by atoms with E-state index in [4.69, 9.17) is 4.74 Å². The molecule has 0 rings (SSSR count). The van der Waals surface area contributed by atoms with Crippen molar-refractivity contribution < 1.29 is 9.13 Å². The lowest BCUT2D eigenvalue weighted by Gasteiger charge is -1.95. The number of hydrogen-bond donors (Lipinski definition) is 0. The molecule has 8 heavy (non-hydrogen) atoms. The minimum Gasteiger partial charge on any atom is -0.382 e. The third-order valence-corrected chi connectivity index (χ3v) is 0.876. The molecule has 0 unspecified atom stereocenters. The Morgan fingerprint density at radius 3 is 2.62 bits per heavy atom. The summed E-state index contributed by atoms with van der Waals surface area (Å²) in [6, 6.07) is 0. The van der Waals surface area contributed by atoms with Crippen molar-refractivity contribution in [3.05, 3.63) is 0 Å². The van der Waals surface area contributed by atoms with Crippen molar-refractivity contribution in [2.75, 3.05) is 19.9 Å². The van der Waals surface area contributed by atoms with E-state index >= 15 is 0 Å². The molecule has 0 bridgehead atoms. The molecule has 0 spiro atoms. The normalized spacial score (nSPS) is 9.75. The van der Waals surface area contributed by atoms with Crippen LogP contribution in [0, 0.1) is 0 Å². The SMILES string of the molecule is CCOCCCCF. The van der Waals surface area contributed by atoms with E-state index in [0.717, 1.165) is 13.0 Å². The second-order valence-electron chi connectivity index (χ2n) is 1.59. The smallest absolute Gasteiger partial charge is 0.0895 e. The van der Waals surface area contributed by atoms with Gasteiger partial charge in [0.15, 0.2) is 0 Å². The molecule has 1 nitrogen and oxygen atoms in total. The first-order valence-electron chi connectivity index (χ1n) is 3.05. The molecule has 0 saturated carbocycles. The van der Waals surface area contributed by atoms with Gasteiger partial charge in [0.25, 0.3) is 0 Å². The first-order chi connectivity index (χ1) is 3.91. The van der Waals surface area contributed by atoms with Gasteiger partial charge in [-0.1, -0.05) is 0 Å². The summed E-state index contributed by atoms with van der Waals surface area (Å²) in [6.07, 6.45) is 1.49. The lowest BCUT2D eigenvalue weighted by molar-refractivity contribution is 0.141. The van der Waals surface area contributed by atoms with Crippen LogP contribution in [0.3, 0.4) is 0 Å². The fourth-order valence-corrected chi connectivity index (χ4v) is 0.443. The Bertz CT molecular complexity index is 33.5. The molecule has 0 aliphatic heterocycles. The lowest BCUT2D eigenvalue weighted by Crippen LogP contribution is -1.92. The zero-order valence-corrected chi connectivity index (χ0v) is 5.32. The second kappa shape index (κ2) is 6.89. The van der Waals surface area contributed by atoms with Crippen LogP contribution < -0.4 is 0 Å². The van der Waals surface area contributed by atoms with Gasteiger partial charge in [-0.15, -0.1) is 0 Å². The summed E-state index contributed by atoms with van der Waals surface area (Å²) in [6.45, 7) is 3.18. The highest BCUT2D eigenvalue weighted by molar-refractivity contribution is 4.34. The number of hydrogen-bond acceptors (Lipinski definition) is 1. The molecule has 0 atom stereocenters. The Labute approximate surface area is 49.8 Å². The number of unbranched alkanes of at least 4 members (excludes halogenated alkanes) is 1. The van der Waals surface area contributed by atoms with Crippen LogP contribution in [0.15, 0.2) is 0 Å². The molecule has 2 heteroatoms. The van der Waals surface area contributed by atoms with Gasteiger partial charge in [-0.2, -0.15) is 0 Å². The Hall–Kier alpha value is -0.110. The molecule has 0 aliphatic carbocycles. The van der Waals surface area contributed by atoms with E-state index in [-0.39, 0.29) is 6.67 Å². The summed E-state index contributed by atoms with van der Waals surface area (Å²) in [5, 5.41) is 0.